The molecule has 1 rings (SSSR count). The average Bonchev–Trinajstić information content (AvgIpc) is 2.20. The first-order chi connectivity index (χ1) is 6.84. The summed E-state index contributed by atoms with van der Waals surface area (Å²) in [6, 6.07) is 4.02. The summed E-state index contributed by atoms with van der Waals surface area (Å²) in [5.74, 6) is 3.17. The highest BCUT2D eigenvalue weighted by Crippen LogP contribution is 2.12. The van der Waals surface area contributed by atoms with E-state index >= 15 is 0 Å². The van der Waals surface area contributed by atoms with Gasteiger partial charge in [0.2, 0.25) is 0 Å². The minimum Gasteiger partial charge on any atom is -0.383 e. The Morgan fingerprint density at radius 2 is 2.29 bits per heavy atom. The molecule has 0 radical (unpaired) electrons. The molecule has 0 unspecified atom stereocenters. The van der Waals surface area contributed by atoms with Crippen LogP contribution in [0.1, 0.15) is 25.3 Å². The van der Waals surface area contributed by atoms with Crippen molar-refractivity contribution in [3.63, 3.8) is 0 Å². The van der Waals surface area contributed by atoms with E-state index in [4.69, 9.17) is 5.73 Å². The Kier molecular flexibility index (Phi) is 5.45. The highest BCUT2D eigenvalue weighted by atomic mass is 32.2. The maximum atomic E-state index is 5.75. The third-order valence-corrected chi connectivity index (χ3v) is 3.10. The van der Waals surface area contributed by atoms with Crippen LogP contribution in [0, 0.1) is 0 Å². The number of aryl methyl sites for hydroxylation is 1. The minimum atomic E-state index is 0.690. The number of unbranched alkanes of at least 4 members (excludes halogenated alkanes) is 1. The number of hydrogen-bond acceptors (Lipinski definition) is 3. The van der Waals surface area contributed by atoms with E-state index in [0.29, 0.717) is 5.82 Å². The molecule has 0 saturated carbocycles. The fourth-order valence-corrected chi connectivity index (χ4v) is 2.02. The molecular formula is C11H18N2S. The molecule has 0 amide bonds. The fourth-order valence-electron chi connectivity index (χ4n) is 1.33. The second-order valence-corrected chi connectivity index (χ2v) is 4.60. The SMILES string of the molecule is CCSCCCCc1cccnc1N. The normalized spacial score (nSPS) is 10.4. The van der Waals surface area contributed by atoms with Gasteiger partial charge in [-0.2, -0.15) is 11.8 Å². The monoisotopic (exact) mass is 210 g/mol. The van der Waals surface area contributed by atoms with Crippen LogP contribution in [0.25, 0.3) is 0 Å². The lowest BCUT2D eigenvalue weighted by molar-refractivity contribution is 0.801. The average molecular weight is 210 g/mol. The molecule has 0 saturated heterocycles. The third-order valence-electron chi connectivity index (χ3n) is 2.12. The minimum absolute atomic E-state index is 0.690. The van der Waals surface area contributed by atoms with Crippen LogP contribution in [0.2, 0.25) is 0 Å². The van der Waals surface area contributed by atoms with Crippen molar-refractivity contribution in [3.05, 3.63) is 23.9 Å². The molecule has 14 heavy (non-hydrogen) atoms. The van der Waals surface area contributed by atoms with E-state index in [0.717, 1.165) is 6.42 Å². The molecule has 0 aromatic carbocycles. The zero-order valence-corrected chi connectivity index (χ0v) is 9.52. The number of hydrogen-bond donors (Lipinski definition) is 1. The Morgan fingerprint density at radius 3 is 3.00 bits per heavy atom. The number of aromatic nitrogens is 1. The lowest BCUT2D eigenvalue weighted by Gasteiger charge is -2.03. The Labute approximate surface area is 90.3 Å². The topological polar surface area (TPSA) is 38.9 Å². The molecule has 2 nitrogen and oxygen atoms in total. The lowest BCUT2D eigenvalue weighted by Crippen LogP contribution is -1.97. The maximum Gasteiger partial charge on any atom is 0.126 e. The van der Waals surface area contributed by atoms with Gasteiger partial charge in [-0.05, 0) is 42.4 Å². The second kappa shape index (κ2) is 6.71. The van der Waals surface area contributed by atoms with Crippen molar-refractivity contribution < 1.29 is 0 Å². The summed E-state index contributed by atoms with van der Waals surface area (Å²) in [6.07, 6.45) is 5.28. The molecular weight excluding hydrogens is 192 g/mol. The molecule has 78 valence electrons. The molecule has 0 fully saturated rings. The van der Waals surface area contributed by atoms with Gasteiger partial charge in [0.15, 0.2) is 0 Å². The van der Waals surface area contributed by atoms with E-state index < -0.39 is 0 Å². The number of pyridine rings is 1. The van der Waals surface area contributed by atoms with Crippen molar-refractivity contribution in [1.29, 1.82) is 0 Å². The predicted molar refractivity (Wildman–Crippen MR) is 64.6 cm³/mol. The van der Waals surface area contributed by atoms with Gasteiger partial charge in [-0.15, -0.1) is 0 Å². The Bertz CT molecular complexity index is 263. The highest BCUT2D eigenvalue weighted by molar-refractivity contribution is 7.99. The Hall–Kier alpha value is -0.700. The number of anilines is 1. The van der Waals surface area contributed by atoms with Crippen LogP contribution in [0.3, 0.4) is 0 Å². The molecule has 0 aliphatic heterocycles. The van der Waals surface area contributed by atoms with Crippen LogP contribution in [-0.2, 0) is 6.42 Å². The molecule has 2 N–H and O–H groups in total. The Balaban J connectivity index is 2.21. The summed E-state index contributed by atoms with van der Waals surface area (Å²) >= 11 is 2.00. The van der Waals surface area contributed by atoms with Crippen molar-refractivity contribution >= 4 is 17.6 Å². The smallest absolute Gasteiger partial charge is 0.126 e. The third kappa shape index (κ3) is 4.01. The van der Waals surface area contributed by atoms with Gasteiger partial charge in [-0.1, -0.05) is 13.0 Å². The maximum absolute atomic E-state index is 5.75. The van der Waals surface area contributed by atoms with Gasteiger partial charge in [0, 0.05) is 6.20 Å². The molecule has 1 aromatic heterocycles. The van der Waals surface area contributed by atoms with Crippen LogP contribution < -0.4 is 5.73 Å². The van der Waals surface area contributed by atoms with Gasteiger partial charge in [-0.3, -0.25) is 0 Å². The summed E-state index contributed by atoms with van der Waals surface area (Å²) in [5, 5.41) is 0. The van der Waals surface area contributed by atoms with Crippen LogP contribution >= 0.6 is 11.8 Å². The van der Waals surface area contributed by atoms with Crippen molar-refractivity contribution in [3.8, 4) is 0 Å². The van der Waals surface area contributed by atoms with Gasteiger partial charge in [0.05, 0.1) is 0 Å². The van der Waals surface area contributed by atoms with Crippen molar-refractivity contribution in [2.24, 2.45) is 0 Å². The zero-order chi connectivity index (χ0) is 10.2. The van der Waals surface area contributed by atoms with Gasteiger partial charge in [-0.25, -0.2) is 4.98 Å². The summed E-state index contributed by atoms with van der Waals surface area (Å²) in [6.45, 7) is 2.20. The summed E-state index contributed by atoms with van der Waals surface area (Å²) in [5.41, 5.74) is 6.93. The molecule has 0 aliphatic rings. The fraction of sp³-hybridized carbons (Fsp3) is 0.545. The largest absolute Gasteiger partial charge is 0.383 e. The van der Waals surface area contributed by atoms with Crippen LogP contribution in [0.15, 0.2) is 18.3 Å². The van der Waals surface area contributed by atoms with E-state index in [1.165, 1.54) is 29.9 Å². The number of rotatable bonds is 6. The van der Waals surface area contributed by atoms with Crippen molar-refractivity contribution in [2.75, 3.05) is 17.2 Å². The van der Waals surface area contributed by atoms with Gasteiger partial charge in [0.1, 0.15) is 5.82 Å². The Morgan fingerprint density at radius 1 is 1.43 bits per heavy atom. The van der Waals surface area contributed by atoms with E-state index in [1.54, 1.807) is 6.20 Å². The van der Waals surface area contributed by atoms with Crippen LogP contribution in [0.5, 0.6) is 0 Å². The first-order valence-corrected chi connectivity index (χ1v) is 6.27. The van der Waals surface area contributed by atoms with Crippen LogP contribution in [-0.4, -0.2) is 16.5 Å². The van der Waals surface area contributed by atoms with Crippen molar-refractivity contribution in [1.82, 2.24) is 4.98 Å². The second-order valence-electron chi connectivity index (χ2n) is 3.20. The number of nitrogens with two attached hydrogens (primary N) is 1. The van der Waals surface area contributed by atoms with E-state index in [-0.39, 0.29) is 0 Å². The molecule has 0 spiro atoms. The lowest BCUT2D eigenvalue weighted by atomic mass is 10.1. The molecule has 0 atom stereocenters. The van der Waals surface area contributed by atoms with E-state index in [2.05, 4.69) is 18.0 Å². The zero-order valence-electron chi connectivity index (χ0n) is 8.70. The first-order valence-electron chi connectivity index (χ1n) is 5.11. The van der Waals surface area contributed by atoms with Gasteiger partial charge >= 0.3 is 0 Å². The molecule has 3 heteroatoms. The number of nitrogen functional groups attached to an aromatic ring is 1. The van der Waals surface area contributed by atoms with Crippen molar-refractivity contribution in [2.45, 2.75) is 26.2 Å². The standard InChI is InChI=1S/C11H18N2S/c1-2-14-9-4-3-6-10-7-5-8-13-11(10)12/h5,7-8H,2-4,6,9H2,1H3,(H2,12,13). The number of thioether (sulfide) groups is 1. The number of nitrogens with zero attached hydrogens (tertiary/aromatic N) is 1. The van der Waals surface area contributed by atoms with Crippen LogP contribution in [0.4, 0.5) is 5.82 Å². The predicted octanol–water partition coefficient (Wildman–Crippen LogP) is 2.74. The molecule has 0 bridgehead atoms. The van der Waals surface area contributed by atoms with Gasteiger partial charge in [0.25, 0.3) is 0 Å². The summed E-state index contributed by atoms with van der Waals surface area (Å²) in [7, 11) is 0. The molecule has 1 heterocycles. The quantitative estimate of drug-likeness (QED) is 0.734. The van der Waals surface area contributed by atoms with Gasteiger partial charge < -0.3 is 5.73 Å². The molecule has 0 aliphatic carbocycles. The molecule has 1 aromatic rings. The summed E-state index contributed by atoms with van der Waals surface area (Å²) in [4.78, 5) is 4.07. The first kappa shape index (κ1) is 11.4. The van der Waals surface area contributed by atoms with E-state index in [9.17, 15) is 0 Å². The summed E-state index contributed by atoms with van der Waals surface area (Å²) < 4.78 is 0. The highest BCUT2D eigenvalue weighted by Gasteiger charge is 1.98. The van der Waals surface area contributed by atoms with E-state index in [1.807, 2.05) is 17.8 Å².